The van der Waals surface area contributed by atoms with Gasteiger partial charge in [0.2, 0.25) is 0 Å². The number of aryl methyl sites for hydroxylation is 1. The molecule has 0 aliphatic rings. The Morgan fingerprint density at radius 2 is 2.04 bits per heavy atom. The van der Waals surface area contributed by atoms with Gasteiger partial charge in [-0.15, -0.1) is 0 Å². The lowest BCUT2D eigenvalue weighted by molar-refractivity contribution is -0.125. The maximum Gasteiger partial charge on any atom is 0.338 e. The van der Waals surface area contributed by atoms with E-state index < -0.39 is 24.0 Å². The maximum atomic E-state index is 12.0. The number of rotatable bonds is 6. The van der Waals surface area contributed by atoms with Gasteiger partial charge in [0.05, 0.1) is 18.7 Å². The lowest BCUT2D eigenvalue weighted by Crippen LogP contribution is -2.50. The molecule has 124 valence electrons. The molecule has 0 saturated carbocycles. The topological polar surface area (TPSA) is 88.4 Å². The van der Waals surface area contributed by atoms with E-state index in [-0.39, 0.29) is 5.92 Å². The summed E-state index contributed by atoms with van der Waals surface area (Å²) in [5, 5.41) is 11.7. The highest BCUT2D eigenvalue weighted by Gasteiger charge is 2.30. The van der Waals surface area contributed by atoms with Gasteiger partial charge < -0.3 is 14.8 Å². The van der Waals surface area contributed by atoms with Crippen LogP contribution in [0.4, 0.5) is 0 Å². The molecule has 0 bridgehead atoms. The molecule has 6 nitrogen and oxygen atoms in total. The van der Waals surface area contributed by atoms with Crippen molar-refractivity contribution in [3.63, 3.8) is 0 Å². The van der Waals surface area contributed by atoms with Gasteiger partial charge in [-0.25, -0.2) is 4.79 Å². The van der Waals surface area contributed by atoms with Gasteiger partial charge in [-0.05, 0) is 37.5 Å². The Morgan fingerprint density at radius 3 is 2.57 bits per heavy atom. The summed E-state index contributed by atoms with van der Waals surface area (Å²) in [5.41, 5.74) is 0.187. The zero-order valence-electron chi connectivity index (χ0n) is 14.1. The molecule has 0 radical (unpaired) electrons. The van der Waals surface area contributed by atoms with Crippen LogP contribution in [0, 0.1) is 24.2 Å². The number of nitrogens with zero attached hydrogens (tertiary/aromatic N) is 1. The fraction of sp³-hybridized carbons (Fsp3) is 0.471. The molecule has 1 rings (SSSR count). The molecule has 0 saturated heterocycles. The Hall–Kier alpha value is -2.55. The van der Waals surface area contributed by atoms with Gasteiger partial charge in [-0.2, -0.15) is 5.26 Å². The number of carbonyl (C=O) groups is 2. The van der Waals surface area contributed by atoms with Gasteiger partial charge in [0, 0.05) is 0 Å². The van der Waals surface area contributed by atoms with Crippen LogP contribution in [0.15, 0.2) is 18.2 Å². The third-order valence-corrected chi connectivity index (χ3v) is 3.76. The van der Waals surface area contributed by atoms with Gasteiger partial charge in [0.25, 0.3) is 5.91 Å². The first-order valence-electron chi connectivity index (χ1n) is 7.27. The van der Waals surface area contributed by atoms with E-state index >= 15 is 0 Å². The zero-order valence-corrected chi connectivity index (χ0v) is 14.1. The normalized spacial score (nSPS) is 12.9. The molecule has 0 aromatic heterocycles. The van der Waals surface area contributed by atoms with Crippen molar-refractivity contribution in [2.24, 2.45) is 5.92 Å². The minimum atomic E-state index is -1.00. The van der Waals surface area contributed by atoms with Crippen LogP contribution >= 0.6 is 0 Å². The second-order valence-electron chi connectivity index (χ2n) is 5.78. The smallest absolute Gasteiger partial charge is 0.338 e. The molecular formula is C17H22N2O4. The predicted octanol–water partition coefficient (Wildman–Crippen LogP) is 2.21. The number of amides is 1. The van der Waals surface area contributed by atoms with E-state index in [9.17, 15) is 9.59 Å². The molecule has 0 aliphatic carbocycles. The average molecular weight is 318 g/mol. The summed E-state index contributed by atoms with van der Waals surface area (Å²) in [7, 11) is 1.51. The second-order valence-corrected chi connectivity index (χ2v) is 5.78. The largest absolute Gasteiger partial charge is 0.496 e. The van der Waals surface area contributed by atoms with Crippen molar-refractivity contribution in [3.8, 4) is 11.8 Å². The van der Waals surface area contributed by atoms with Crippen LogP contribution in [0.2, 0.25) is 0 Å². The van der Waals surface area contributed by atoms with Crippen molar-refractivity contribution in [1.29, 1.82) is 5.26 Å². The van der Waals surface area contributed by atoms with Crippen molar-refractivity contribution >= 4 is 11.9 Å². The van der Waals surface area contributed by atoms with E-state index in [0.29, 0.717) is 11.3 Å². The highest BCUT2D eigenvalue weighted by Crippen LogP contribution is 2.19. The number of nitrogens with one attached hydrogen (secondary N) is 1. The summed E-state index contributed by atoms with van der Waals surface area (Å²) < 4.78 is 10.1. The Balaban J connectivity index is 2.66. The fourth-order valence-electron chi connectivity index (χ4n) is 1.79. The first-order chi connectivity index (χ1) is 10.7. The summed E-state index contributed by atoms with van der Waals surface area (Å²) in [6, 6.07) is 6.96. The standard InChI is InChI=1S/C17H22N2O4/c1-11(2)17(4,10-18)19-15(20)9-23-16(21)13-7-6-12(3)14(8-13)22-5/h6-8,11H,9H2,1-5H3,(H,19,20)/t17-/m1/s1. The number of esters is 1. The monoisotopic (exact) mass is 318 g/mol. The molecular weight excluding hydrogens is 296 g/mol. The Labute approximate surface area is 136 Å². The number of hydrogen-bond acceptors (Lipinski definition) is 5. The van der Waals surface area contributed by atoms with Crippen molar-refractivity contribution in [2.75, 3.05) is 13.7 Å². The highest BCUT2D eigenvalue weighted by atomic mass is 16.5. The van der Waals surface area contributed by atoms with E-state index in [1.165, 1.54) is 7.11 Å². The molecule has 0 unspecified atom stereocenters. The Kier molecular flexibility index (Phi) is 6.14. The number of ether oxygens (including phenoxy) is 2. The van der Waals surface area contributed by atoms with E-state index in [1.807, 2.05) is 20.8 Å². The van der Waals surface area contributed by atoms with E-state index in [4.69, 9.17) is 14.7 Å². The first kappa shape index (κ1) is 18.5. The van der Waals surface area contributed by atoms with Crippen LogP contribution in [0.5, 0.6) is 5.75 Å². The second kappa shape index (κ2) is 7.63. The number of benzene rings is 1. The number of carbonyl (C=O) groups excluding carboxylic acids is 2. The lowest BCUT2D eigenvalue weighted by atomic mass is 9.90. The molecule has 0 spiro atoms. The van der Waals surface area contributed by atoms with Crippen LogP contribution in [0.25, 0.3) is 0 Å². The van der Waals surface area contributed by atoms with Gasteiger partial charge in [0.1, 0.15) is 11.3 Å². The summed E-state index contributed by atoms with van der Waals surface area (Å²) in [6.45, 7) is 6.69. The first-order valence-corrected chi connectivity index (χ1v) is 7.27. The van der Waals surface area contributed by atoms with Gasteiger partial charge in [0.15, 0.2) is 6.61 Å². The quantitative estimate of drug-likeness (QED) is 0.812. The molecule has 1 atom stereocenters. The van der Waals surface area contributed by atoms with Gasteiger partial charge in [-0.3, -0.25) is 4.79 Å². The zero-order chi connectivity index (χ0) is 17.6. The molecule has 6 heteroatoms. The van der Waals surface area contributed by atoms with E-state index in [2.05, 4.69) is 11.4 Å². The highest BCUT2D eigenvalue weighted by molar-refractivity contribution is 5.92. The van der Waals surface area contributed by atoms with Crippen LogP contribution in [-0.2, 0) is 9.53 Å². The Bertz CT molecular complexity index is 634. The summed E-state index contributed by atoms with van der Waals surface area (Å²) in [4.78, 5) is 23.8. The third kappa shape index (κ3) is 4.71. The average Bonchev–Trinajstić information content (AvgIpc) is 2.52. The van der Waals surface area contributed by atoms with Crippen LogP contribution in [0.3, 0.4) is 0 Å². The molecule has 0 aliphatic heterocycles. The van der Waals surface area contributed by atoms with Crippen molar-refractivity contribution < 1.29 is 19.1 Å². The molecule has 1 aromatic rings. The van der Waals surface area contributed by atoms with Crippen molar-refractivity contribution in [2.45, 2.75) is 33.2 Å². The lowest BCUT2D eigenvalue weighted by Gasteiger charge is -2.27. The van der Waals surface area contributed by atoms with Crippen molar-refractivity contribution in [3.05, 3.63) is 29.3 Å². The van der Waals surface area contributed by atoms with Gasteiger partial charge in [-0.1, -0.05) is 19.9 Å². The summed E-state index contributed by atoms with van der Waals surface area (Å²) in [6.07, 6.45) is 0. The molecule has 1 amide bonds. The predicted molar refractivity (Wildman–Crippen MR) is 85.0 cm³/mol. The molecule has 1 N–H and O–H groups in total. The summed E-state index contributed by atoms with van der Waals surface area (Å²) >= 11 is 0. The van der Waals surface area contributed by atoms with Crippen LogP contribution in [0.1, 0.15) is 36.7 Å². The molecule has 0 heterocycles. The van der Waals surface area contributed by atoms with Crippen LogP contribution in [-0.4, -0.2) is 31.1 Å². The van der Waals surface area contributed by atoms with Crippen LogP contribution < -0.4 is 10.1 Å². The third-order valence-electron chi connectivity index (χ3n) is 3.76. The summed E-state index contributed by atoms with van der Waals surface area (Å²) in [5.74, 6) is -0.647. The molecule has 0 fully saturated rings. The molecule has 23 heavy (non-hydrogen) atoms. The minimum absolute atomic E-state index is 0.0755. The number of nitriles is 1. The van der Waals surface area contributed by atoms with Crippen molar-refractivity contribution in [1.82, 2.24) is 5.32 Å². The Morgan fingerprint density at radius 1 is 1.39 bits per heavy atom. The fourth-order valence-corrected chi connectivity index (χ4v) is 1.79. The van der Waals surface area contributed by atoms with E-state index in [0.717, 1.165) is 5.56 Å². The van der Waals surface area contributed by atoms with Gasteiger partial charge >= 0.3 is 5.97 Å². The minimum Gasteiger partial charge on any atom is -0.496 e. The number of methoxy groups -OCH3 is 1. The molecule has 1 aromatic carbocycles. The maximum absolute atomic E-state index is 12.0. The van der Waals surface area contributed by atoms with E-state index in [1.54, 1.807) is 25.1 Å². The SMILES string of the molecule is COc1cc(C(=O)OCC(=O)N[C@](C)(C#N)C(C)C)ccc1C. The number of hydrogen-bond donors (Lipinski definition) is 1.